The highest BCUT2D eigenvalue weighted by atomic mass is 16.1. The Balaban J connectivity index is 2.42. The topological polar surface area (TPSA) is 62.9 Å². The number of benzene rings is 1. The van der Waals surface area contributed by atoms with E-state index in [1.54, 1.807) is 28.8 Å². The number of aromatic nitrogens is 1. The summed E-state index contributed by atoms with van der Waals surface area (Å²) in [7, 11) is 0. The molecule has 1 aromatic heterocycles. The number of rotatable bonds is 3. The van der Waals surface area contributed by atoms with Crippen LogP contribution in [-0.2, 0) is 6.54 Å². The lowest BCUT2D eigenvalue weighted by molar-refractivity contribution is 0.101. The van der Waals surface area contributed by atoms with E-state index in [1.165, 1.54) is 6.92 Å². The summed E-state index contributed by atoms with van der Waals surface area (Å²) in [4.78, 5) is 23.7. The minimum Gasteiger partial charge on any atom is -0.308 e. The van der Waals surface area contributed by atoms with Gasteiger partial charge in [0.15, 0.2) is 5.78 Å². The number of ketones is 1. The number of carbonyl (C=O) groups excluding carboxylic acids is 1. The van der Waals surface area contributed by atoms with Gasteiger partial charge in [0.05, 0.1) is 23.7 Å². The SMILES string of the molecule is CC(=O)c1ccc(C)n(Cc2ccc(C#N)cc2)c1=O. The summed E-state index contributed by atoms with van der Waals surface area (Å²) in [6.45, 7) is 3.60. The molecule has 1 heterocycles. The van der Waals surface area contributed by atoms with Gasteiger partial charge in [0.2, 0.25) is 0 Å². The van der Waals surface area contributed by atoms with E-state index in [0.29, 0.717) is 12.1 Å². The molecule has 4 heteroatoms. The molecule has 2 aromatic rings. The average molecular weight is 266 g/mol. The van der Waals surface area contributed by atoms with E-state index < -0.39 is 0 Å². The maximum absolute atomic E-state index is 12.2. The Morgan fingerprint density at radius 2 is 1.85 bits per heavy atom. The first kappa shape index (κ1) is 13.8. The first-order chi connectivity index (χ1) is 9.52. The molecule has 0 unspecified atom stereocenters. The normalized spacial score (nSPS) is 10.1. The van der Waals surface area contributed by atoms with Crippen molar-refractivity contribution in [3.05, 3.63) is 69.1 Å². The van der Waals surface area contributed by atoms with Gasteiger partial charge >= 0.3 is 0 Å². The first-order valence-electron chi connectivity index (χ1n) is 6.23. The summed E-state index contributed by atoms with van der Waals surface area (Å²) in [6.07, 6.45) is 0. The standard InChI is InChI=1S/C16H14N2O2/c1-11-3-8-15(12(2)19)16(20)18(11)10-14-6-4-13(9-17)5-7-14/h3-8H,10H2,1-2H3. The molecule has 0 atom stereocenters. The van der Waals surface area contributed by atoms with Gasteiger partial charge in [0.25, 0.3) is 5.56 Å². The number of hydrogen-bond donors (Lipinski definition) is 0. The van der Waals surface area contributed by atoms with Gasteiger partial charge in [-0.3, -0.25) is 9.59 Å². The lowest BCUT2D eigenvalue weighted by Crippen LogP contribution is -2.27. The van der Waals surface area contributed by atoms with E-state index in [0.717, 1.165) is 11.3 Å². The second-order valence-electron chi connectivity index (χ2n) is 4.64. The fraction of sp³-hybridized carbons (Fsp3) is 0.188. The van der Waals surface area contributed by atoms with Crippen molar-refractivity contribution >= 4 is 5.78 Å². The van der Waals surface area contributed by atoms with Crippen LogP contribution in [0.4, 0.5) is 0 Å². The van der Waals surface area contributed by atoms with E-state index in [1.807, 2.05) is 19.1 Å². The van der Waals surface area contributed by atoms with Crippen molar-refractivity contribution in [2.75, 3.05) is 0 Å². The lowest BCUT2D eigenvalue weighted by atomic mass is 10.1. The van der Waals surface area contributed by atoms with Gasteiger partial charge in [0.1, 0.15) is 0 Å². The van der Waals surface area contributed by atoms with Crippen molar-refractivity contribution in [3.63, 3.8) is 0 Å². The highest BCUT2D eigenvalue weighted by Gasteiger charge is 2.10. The van der Waals surface area contributed by atoms with Gasteiger partial charge in [0, 0.05) is 5.69 Å². The van der Waals surface area contributed by atoms with E-state index in [9.17, 15) is 9.59 Å². The fourth-order valence-corrected chi connectivity index (χ4v) is 2.00. The third-order valence-corrected chi connectivity index (χ3v) is 3.20. The number of Topliss-reactive ketones (excluding diaryl/α,β-unsaturated/α-hetero) is 1. The zero-order valence-electron chi connectivity index (χ0n) is 11.4. The minimum absolute atomic E-state index is 0.198. The predicted octanol–water partition coefficient (Wildman–Crippen LogP) is 2.28. The summed E-state index contributed by atoms with van der Waals surface area (Å²) in [5, 5.41) is 8.76. The summed E-state index contributed by atoms with van der Waals surface area (Å²) >= 11 is 0. The molecular formula is C16H14N2O2. The molecule has 0 aliphatic carbocycles. The molecule has 0 aliphatic heterocycles. The van der Waals surface area contributed by atoms with Crippen molar-refractivity contribution in [1.82, 2.24) is 4.57 Å². The molecule has 0 aliphatic rings. The highest BCUT2D eigenvalue weighted by molar-refractivity contribution is 5.93. The first-order valence-corrected chi connectivity index (χ1v) is 6.23. The van der Waals surface area contributed by atoms with Crippen molar-refractivity contribution in [2.45, 2.75) is 20.4 Å². The van der Waals surface area contributed by atoms with E-state index in [2.05, 4.69) is 6.07 Å². The molecule has 0 saturated heterocycles. The molecule has 0 N–H and O–H groups in total. The van der Waals surface area contributed by atoms with Crippen LogP contribution in [0, 0.1) is 18.3 Å². The maximum Gasteiger partial charge on any atom is 0.261 e. The molecule has 0 bridgehead atoms. The Kier molecular flexibility index (Phi) is 3.81. The monoisotopic (exact) mass is 266 g/mol. The summed E-state index contributed by atoms with van der Waals surface area (Å²) < 4.78 is 1.57. The molecule has 2 rings (SSSR count). The van der Waals surface area contributed by atoms with Crippen molar-refractivity contribution in [1.29, 1.82) is 5.26 Å². The van der Waals surface area contributed by atoms with Crippen molar-refractivity contribution < 1.29 is 4.79 Å². The van der Waals surface area contributed by atoms with Gasteiger partial charge < -0.3 is 4.57 Å². The predicted molar refractivity (Wildman–Crippen MR) is 75.7 cm³/mol. The van der Waals surface area contributed by atoms with Gasteiger partial charge in [-0.05, 0) is 43.7 Å². The largest absolute Gasteiger partial charge is 0.308 e. The number of aryl methyl sites for hydroxylation is 1. The highest BCUT2D eigenvalue weighted by Crippen LogP contribution is 2.07. The molecule has 20 heavy (non-hydrogen) atoms. The van der Waals surface area contributed by atoms with Crippen LogP contribution in [0.2, 0.25) is 0 Å². The zero-order valence-corrected chi connectivity index (χ0v) is 11.4. The molecule has 0 fully saturated rings. The number of pyridine rings is 1. The minimum atomic E-state index is -0.276. The number of carbonyl (C=O) groups is 1. The van der Waals surface area contributed by atoms with E-state index >= 15 is 0 Å². The number of nitriles is 1. The Labute approximate surface area is 116 Å². The Hall–Kier alpha value is -2.67. The second kappa shape index (κ2) is 5.54. The van der Waals surface area contributed by atoms with E-state index in [4.69, 9.17) is 5.26 Å². The summed E-state index contributed by atoms with van der Waals surface area (Å²) in [6, 6.07) is 12.4. The number of nitrogens with zero attached hydrogens (tertiary/aromatic N) is 2. The Morgan fingerprint density at radius 1 is 1.20 bits per heavy atom. The van der Waals surface area contributed by atoms with Crippen molar-refractivity contribution in [3.8, 4) is 6.07 Å². The summed E-state index contributed by atoms with van der Waals surface area (Å²) in [5.41, 5.74) is 2.21. The maximum atomic E-state index is 12.2. The van der Waals surface area contributed by atoms with Crippen LogP contribution in [0.25, 0.3) is 0 Å². The molecule has 1 aromatic carbocycles. The van der Waals surface area contributed by atoms with E-state index in [-0.39, 0.29) is 16.9 Å². The second-order valence-corrected chi connectivity index (χ2v) is 4.64. The molecule has 0 amide bonds. The lowest BCUT2D eigenvalue weighted by Gasteiger charge is -2.11. The quantitative estimate of drug-likeness (QED) is 0.801. The van der Waals surface area contributed by atoms with Crippen LogP contribution in [0.1, 0.15) is 34.1 Å². The molecular weight excluding hydrogens is 252 g/mol. The van der Waals surface area contributed by atoms with Crippen LogP contribution < -0.4 is 5.56 Å². The van der Waals surface area contributed by atoms with Crippen LogP contribution in [0.3, 0.4) is 0 Å². The Morgan fingerprint density at radius 3 is 2.40 bits per heavy atom. The van der Waals surface area contributed by atoms with Crippen LogP contribution in [0.15, 0.2) is 41.2 Å². The van der Waals surface area contributed by atoms with Crippen LogP contribution >= 0.6 is 0 Å². The summed E-state index contributed by atoms with van der Waals surface area (Å²) in [5.74, 6) is -0.233. The molecule has 100 valence electrons. The van der Waals surface area contributed by atoms with Gasteiger partial charge in [-0.2, -0.15) is 5.26 Å². The third kappa shape index (κ3) is 2.67. The van der Waals surface area contributed by atoms with Crippen molar-refractivity contribution in [2.24, 2.45) is 0 Å². The van der Waals surface area contributed by atoms with Crippen LogP contribution in [-0.4, -0.2) is 10.4 Å². The van der Waals surface area contributed by atoms with Crippen LogP contribution in [0.5, 0.6) is 0 Å². The molecule has 0 radical (unpaired) electrons. The molecule has 0 spiro atoms. The van der Waals surface area contributed by atoms with Gasteiger partial charge in [-0.15, -0.1) is 0 Å². The molecule has 0 saturated carbocycles. The Bertz CT molecular complexity index is 750. The van der Waals surface area contributed by atoms with Gasteiger partial charge in [-0.1, -0.05) is 12.1 Å². The smallest absolute Gasteiger partial charge is 0.261 e. The third-order valence-electron chi connectivity index (χ3n) is 3.20. The number of hydrogen-bond acceptors (Lipinski definition) is 3. The molecule has 4 nitrogen and oxygen atoms in total. The average Bonchev–Trinajstić information content (AvgIpc) is 2.43. The zero-order chi connectivity index (χ0) is 14.7. The van der Waals surface area contributed by atoms with Gasteiger partial charge in [-0.25, -0.2) is 0 Å². The fourth-order valence-electron chi connectivity index (χ4n) is 2.00.